The Hall–Kier alpha value is -3.88. The van der Waals surface area contributed by atoms with E-state index in [2.05, 4.69) is 15.5 Å². The molecule has 2 aromatic heterocycles. The predicted molar refractivity (Wildman–Crippen MR) is 131 cm³/mol. The number of ether oxygens (including phenoxy) is 1. The van der Waals surface area contributed by atoms with Crippen LogP contribution in [-0.2, 0) is 11.2 Å². The molecular weight excluding hydrogens is 493 g/mol. The smallest absolute Gasteiger partial charge is 0.307 e. The Bertz CT molecular complexity index is 1360. The van der Waals surface area contributed by atoms with E-state index >= 15 is 0 Å². The summed E-state index contributed by atoms with van der Waals surface area (Å²) in [6.45, 7) is 0.323. The van der Waals surface area contributed by atoms with Gasteiger partial charge in [-0.15, -0.1) is 0 Å². The Morgan fingerprint density at radius 2 is 1.91 bits per heavy atom. The molecule has 0 aliphatic heterocycles. The average molecular weight is 512 g/mol. The molecule has 2 aromatic carbocycles. The molecule has 0 bridgehead atoms. The van der Waals surface area contributed by atoms with E-state index in [-0.39, 0.29) is 36.6 Å². The fourth-order valence-electron chi connectivity index (χ4n) is 3.38. The number of carboxylic acids is 1. The van der Waals surface area contributed by atoms with E-state index in [1.54, 1.807) is 66.9 Å². The Kier molecular flexibility index (Phi) is 7.64. The lowest BCUT2D eigenvalue weighted by Crippen LogP contribution is -2.28. The number of rotatable bonds is 9. The van der Waals surface area contributed by atoms with E-state index in [1.807, 2.05) is 0 Å². The molecule has 2 N–H and O–H groups in total. The number of amides is 1. The maximum Gasteiger partial charge on any atom is 0.307 e. The van der Waals surface area contributed by atoms with Gasteiger partial charge in [0.25, 0.3) is 5.91 Å². The number of nitrogens with zero attached hydrogens (tertiary/aromatic N) is 2. The van der Waals surface area contributed by atoms with Crippen molar-refractivity contribution >= 4 is 35.1 Å². The number of nitrogens with one attached hydrogen (secondary N) is 1. The van der Waals surface area contributed by atoms with Crippen molar-refractivity contribution in [2.45, 2.75) is 6.42 Å². The van der Waals surface area contributed by atoms with Crippen LogP contribution >= 0.6 is 23.2 Å². The van der Waals surface area contributed by atoms with Gasteiger partial charge in [-0.3, -0.25) is 14.6 Å². The van der Waals surface area contributed by atoms with Crippen LogP contribution in [0, 0.1) is 0 Å². The molecule has 8 nitrogen and oxygen atoms in total. The maximum absolute atomic E-state index is 13.2. The van der Waals surface area contributed by atoms with Gasteiger partial charge in [0.15, 0.2) is 5.76 Å². The topological polar surface area (TPSA) is 115 Å². The first-order chi connectivity index (χ1) is 16.9. The first-order valence-corrected chi connectivity index (χ1v) is 11.3. The number of aromatic nitrogens is 2. The van der Waals surface area contributed by atoms with Gasteiger partial charge in [-0.05, 0) is 42.0 Å². The van der Waals surface area contributed by atoms with E-state index in [1.165, 1.54) is 0 Å². The molecule has 4 aromatic rings. The number of aliphatic carboxylic acids is 1. The number of pyridine rings is 1. The van der Waals surface area contributed by atoms with Crippen LogP contribution in [0.2, 0.25) is 10.0 Å². The van der Waals surface area contributed by atoms with Gasteiger partial charge in [-0.1, -0.05) is 52.6 Å². The highest BCUT2D eigenvalue weighted by molar-refractivity contribution is 6.35. The third kappa shape index (κ3) is 5.98. The lowest BCUT2D eigenvalue weighted by Gasteiger charge is -2.10. The standard InChI is InChI=1S/C25H19Cl2N3O5/c26-17-7-8-20(18(27)14-17)34-11-10-29-25(33)22-23(16-5-3-4-15(12-16)13-21(31)32)30-35-24(22)19-6-1-2-9-28-19/h1-9,12,14H,10-11,13H2,(H,29,33)(H,31,32). The van der Waals surface area contributed by atoms with Crippen molar-refractivity contribution in [3.63, 3.8) is 0 Å². The summed E-state index contributed by atoms with van der Waals surface area (Å²) in [4.78, 5) is 28.6. The zero-order chi connectivity index (χ0) is 24.8. The van der Waals surface area contributed by atoms with Crippen molar-refractivity contribution in [1.29, 1.82) is 0 Å². The molecule has 0 spiro atoms. The van der Waals surface area contributed by atoms with Crippen molar-refractivity contribution in [3.8, 4) is 28.5 Å². The summed E-state index contributed by atoms with van der Waals surface area (Å²) in [6, 6.07) is 16.9. The largest absolute Gasteiger partial charge is 0.490 e. The van der Waals surface area contributed by atoms with Gasteiger partial charge in [0.2, 0.25) is 0 Å². The lowest BCUT2D eigenvalue weighted by molar-refractivity contribution is -0.136. The van der Waals surface area contributed by atoms with Crippen LogP contribution in [0.15, 0.2) is 71.4 Å². The first kappa shape index (κ1) is 24.3. The minimum Gasteiger partial charge on any atom is -0.490 e. The van der Waals surface area contributed by atoms with Gasteiger partial charge in [-0.2, -0.15) is 0 Å². The summed E-state index contributed by atoms with van der Waals surface area (Å²) in [5.41, 5.74) is 2.00. The third-order valence-corrected chi connectivity index (χ3v) is 5.44. The quantitative estimate of drug-likeness (QED) is 0.298. The van der Waals surface area contributed by atoms with E-state index in [9.17, 15) is 9.59 Å². The van der Waals surface area contributed by atoms with Crippen LogP contribution in [0.1, 0.15) is 15.9 Å². The van der Waals surface area contributed by atoms with Crippen LogP contribution in [0.4, 0.5) is 0 Å². The Balaban J connectivity index is 1.57. The molecule has 1 amide bonds. The molecule has 0 aliphatic carbocycles. The second-order valence-corrected chi connectivity index (χ2v) is 8.24. The van der Waals surface area contributed by atoms with Crippen molar-refractivity contribution < 1.29 is 24.0 Å². The molecule has 178 valence electrons. The van der Waals surface area contributed by atoms with Crippen LogP contribution in [0.3, 0.4) is 0 Å². The number of carbonyl (C=O) groups excluding carboxylic acids is 1. The van der Waals surface area contributed by atoms with Crippen molar-refractivity contribution in [3.05, 3.63) is 88.0 Å². The normalized spacial score (nSPS) is 10.7. The summed E-state index contributed by atoms with van der Waals surface area (Å²) < 4.78 is 11.2. The average Bonchev–Trinajstić information content (AvgIpc) is 3.28. The van der Waals surface area contributed by atoms with E-state index < -0.39 is 11.9 Å². The molecule has 4 rings (SSSR count). The molecule has 0 fully saturated rings. The molecule has 0 aliphatic rings. The number of halogens is 2. The zero-order valence-corrected chi connectivity index (χ0v) is 19.7. The lowest BCUT2D eigenvalue weighted by atomic mass is 10.0. The summed E-state index contributed by atoms with van der Waals surface area (Å²) in [7, 11) is 0. The SMILES string of the molecule is O=C(O)Cc1cccc(-c2noc(-c3ccccn3)c2C(=O)NCCOc2ccc(Cl)cc2Cl)c1. The van der Waals surface area contributed by atoms with E-state index in [0.717, 1.165) is 0 Å². The summed E-state index contributed by atoms with van der Waals surface area (Å²) in [6.07, 6.45) is 1.42. The third-order valence-electron chi connectivity index (χ3n) is 4.91. The number of benzene rings is 2. The highest BCUT2D eigenvalue weighted by atomic mass is 35.5. The Morgan fingerprint density at radius 1 is 1.06 bits per heavy atom. The summed E-state index contributed by atoms with van der Waals surface area (Å²) >= 11 is 12.0. The summed E-state index contributed by atoms with van der Waals surface area (Å²) in [5.74, 6) is -0.768. The van der Waals surface area contributed by atoms with Gasteiger partial charge in [0.05, 0.1) is 18.0 Å². The molecule has 0 unspecified atom stereocenters. The Morgan fingerprint density at radius 3 is 2.66 bits per heavy atom. The number of carboxylic acid groups (broad SMARTS) is 1. The van der Waals surface area contributed by atoms with Crippen LogP contribution < -0.4 is 10.1 Å². The van der Waals surface area contributed by atoms with Gasteiger partial charge in [0.1, 0.15) is 29.3 Å². The maximum atomic E-state index is 13.2. The highest BCUT2D eigenvalue weighted by Gasteiger charge is 2.26. The fourth-order valence-corrected chi connectivity index (χ4v) is 3.84. The molecule has 0 saturated heterocycles. The predicted octanol–water partition coefficient (Wildman–Crippen LogP) is 5.15. The van der Waals surface area contributed by atoms with Crippen molar-refractivity contribution in [2.75, 3.05) is 13.2 Å². The van der Waals surface area contributed by atoms with Crippen LogP contribution in [0.5, 0.6) is 5.75 Å². The van der Waals surface area contributed by atoms with Gasteiger partial charge >= 0.3 is 5.97 Å². The minimum atomic E-state index is -0.963. The number of hydrogen-bond donors (Lipinski definition) is 2. The first-order valence-electron chi connectivity index (χ1n) is 10.5. The van der Waals surface area contributed by atoms with Crippen molar-refractivity contribution in [1.82, 2.24) is 15.5 Å². The van der Waals surface area contributed by atoms with E-state index in [0.29, 0.717) is 32.6 Å². The minimum absolute atomic E-state index is 0.153. The highest BCUT2D eigenvalue weighted by Crippen LogP contribution is 2.32. The van der Waals surface area contributed by atoms with Gasteiger partial charge < -0.3 is 19.7 Å². The van der Waals surface area contributed by atoms with Crippen molar-refractivity contribution in [2.24, 2.45) is 0 Å². The van der Waals surface area contributed by atoms with Gasteiger partial charge in [-0.25, -0.2) is 0 Å². The molecule has 10 heteroatoms. The Labute approximate surface area is 210 Å². The number of hydrogen-bond acceptors (Lipinski definition) is 6. The van der Waals surface area contributed by atoms with E-state index in [4.69, 9.17) is 37.6 Å². The van der Waals surface area contributed by atoms with Crippen LogP contribution in [0.25, 0.3) is 22.7 Å². The number of carbonyl (C=O) groups is 2. The molecule has 2 heterocycles. The molecule has 0 saturated carbocycles. The fraction of sp³-hybridized carbons (Fsp3) is 0.120. The molecule has 0 atom stereocenters. The molecule has 35 heavy (non-hydrogen) atoms. The van der Waals surface area contributed by atoms with Gasteiger partial charge in [0, 0.05) is 16.8 Å². The summed E-state index contributed by atoms with van der Waals surface area (Å²) in [5, 5.41) is 16.9. The molecular formula is C25H19Cl2N3O5. The molecule has 0 radical (unpaired) electrons. The second kappa shape index (κ2) is 11.0. The monoisotopic (exact) mass is 511 g/mol. The van der Waals surface area contributed by atoms with Crippen LogP contribution in [-0.4, -0.2) is 40.3 Å². The second-order valence-electron chi connectivity index (χ2n) is 7.40. The zero-order valence-electron chi connectivity index (χ0n) is 18.2.